The highest BCUT2D eigenvalue weighted by molar-refractivity contribution is 5.65. The molecule has 0 saturated carbocycles. The molecule has 0 aromatic rings. The van der Waals surface area contributed by atoms with Crippen LogP contribution in [0.25, 0.3) is 0 Å². The van der Waals surface area contributed by atoms with E-state index in [-0.39, 0.29) is 6.04 Å². The van der Waals surface area contributed by atoms with Crippen molar-refractivity contribution in [3.05, 3.63) is 0 Å². The highest BCUT2D eigenvalue weighted by Gasteiger charge is 2.20. The van der Waals surface area contributed by atoms with Crippen molar-refractivity contribution in [3.8, 4) is 0 Å². The zero-order chi connectivity index (χ0) is 9.02. The number of amides is 1. The molecule has 0 aromatic carbocycles. The smallest absolute Gasteiger partial charge is 0.407 e. The Morgan fingerprint density at radius 2 is 2.00 bits per heavy atom. The second-order valence-electron chi connectivity index (χ2n) is 2.55. The second kappa shape index (κ2) is 4.18. The summed E-state index contributed by atoms with van der Waals surface area (Å²) in [7, 11) is 0. The minimum absolute atomic E-state index is 0.336. The SMILES string of the molecule is CCN(C(=O)O)[C@@H](C)C(C)O. The van der Waals surface area contributed by atoms with Crippen LogP contribution in [0.3, 0.4) is 0 Å². The van der Waals surface area contributed by atoms with Crippen molar-refractivity contribution in [2.45, 2.75) is 32.9 Å². The predicted molar refractivity (Wildman–Crippen MR) is 41.5 cm³/mol. The highest BCUT2D eigenvalue weighted by Crippen LogP contribution is 2.03. The molecule has 1 amide bonds. The van der Waals surface area contributed by atoms with Crippen LogP contribution in [0.5, 0.6) is 0 Å². The van der Waals surface area contributed by atoms with E-state index in [2.05, 4.69) is 0 Å². The van der Waals surface area contributed by atoms with Crippen LogP contribution in [0.1, 0.15) is 20.8 Å². The summed E-state index contributed by atoms with van der Waals surface area (Å²) in [4.78, 5) is 11.7. The number of nitrogens with zero attached hydrogens (tertiary/aromatic N) is 1. The first kappa shape index (κ1) is 10.2. The van der Waals surface area contributed by atoms with Gasteiger partial charge in [0.25, 0.3) is 0 Å². The Kier molecular flexibility index (Phi) is 3.89. The molecule has 2 atom stereocenters. The van der Waals surface area contributed by atoms with E-state index in [0.717, 1.165) is 0 Å². The van der Waals surface area contributed by atoms with Gasteiger partial charge in [-0.1, -0.05) is 0 Å². The minimum Gasteiger partial charge on any atom is -0.465 e. The number of aliphatic hydroxyl groups is 1. The summed E-state index contributed by atoms with van der Waals surface area (Å²) in [6.45, 7) is 5.41. The Balaban J connectivity index is 4.14. The summed E-state index contributed by atoms with van der Waals surface area (Å²) in [5.41, 5.74) is 0. The van der Waals surface area contributed by atoms with Crippen LogP contribution in [0.2, 0.25) is 0 Å². The van der Waals surface area contributed by atoms with Crippen LogP contribution in [-0.4, -0.2) is 39.9 Å². The molecule has 0 aliphatic heterocycles. The fourth-order valence-corrected chi connectivity index (χ4v) is 0.858. The summed E-state index contributed by atoms with van der Waals surface area (Å²) < 4.78 is 0. The first-order chi connectivity index (χ1) is 5.00. The van der Waals surface area contributed by atoms with E-state index in [1.54, 1.807) is 20.8 Å². The van der Waals surface area contributed by atoms with Gasteiger partial charge in [0.15, 0.2) is 0 Å². The van der Waals surface area contributed by atoms with E-state index in [1.807, 2.05) is 0 Å². The first-order valence-corrected chi connectivity index (χ1v) is 3.68. The standard InChI is InChI=1S/C7H15NO3/c1-4-8(7(10)11)5(2)6(3)9/h5-6,9H,4H2,1-3H3,(H,10,11)/t5-,6?/m0/s1. The molecule has 0 bridgehead atoms. The van der Waals surface area contributed by atoms with Crippen LogP contribution >= 0.6 is 0 Å². The molecule has 0 aliphatic carbocycles. The van der Waals surface area contributed by atoms with Crippen molar-refractivity contribution >= 4 is 6.09 Å². The zero-order valence-electron chi connectivity index (χ0n) is 7.11. The Bertz CT molecular complexity index is 136. The number of carbonyl (C=O) groups is 1. The van der Waals surface area contributed by atoms with Gasteiger partial charge in [-0.2, -0.15) is 0 Å². The van der Waals surface area contributed by atoms with Gasteiger partial charge >= 0.3 is 6.09 Å². The molecule has 2 N–H and O–H groups in total. The third-order valence-corrected chi connectivity index (χ3v) is 1.78. The topological polar surface area (TPSA) is 60.8 Å². The Morgan fingerprint density at radius 1 is 1.55 bits per heavy atom. The maximum absolute atomic E-state index is 10.5. The summed E-state index contributed by atoms with van der Waals surface area (Å²) in [6, 6.07) is -0.336. The van der Waals surface area contributed by atoms with E-state index < -0.39 is 12.2 Å². The van der Waals surface area contributed by atoms with Crippen molar-refractivity contribution < 1.29 is 15.0 Å². The Morgan fingerprint density at radius 3 is 2.09 bits per heavy atom. The molecule has 0 fully saturated rings. The molecule has 66 valence electrons. The number of aliphatic hydroxyl groups excluding tert-OH is 1. The van der Waals surface area contributed by atoms with E-state index in [1.165, 1.54) is 4.90 Å². The van der Waals surface area contributed by atoms with Crippen molar-refractivity contribution in [3.63, 3.8) is 0 Å². The lowest BCUT2D eigenvalue weighted by atomic mass is 10.2. The summed E-state index contributed by atoms with van der Waals surface area (Å²) >= 11 is 0. The normalized spacial score (nSPS) is 15.6. The maximum atomic E-state index is 10.5. The monoisotopic (exact) mass is 161 g/mol. The van der Waals surface area contributed by atoms with E-state index in [0.29, 0.717) is 6.54 Å². The van der Waals surface area contributed by atoms with Crippen molar-refractivity contribution in [1.82, 2.24) is 4.90 Å². The Labute approximate surface area is 66.4 Å². The van der Waals surface area contributed by atoms with Gasteiger partial charge in [-0.3, -0.25) is 0 Å². The molecule has 0 saturated heterocycles. The number of hydrogen-bond donors (Lipinski definition) is 2. The van der Waals surface area contributed by atoms with Crippen molar-refractivity contribution in [1.29, 1.82) is 0 Å². The van der Waals surface area contributed by atoms with Crippen LogP contribution in [0, 0.1) is 0 Å². The third kappa shape index (κ3) is 2.76. The summed E-state index contributed by atoms with van der Waals surface area (Å²) in [5, 5.41) is 17.7. The van der Waals surface area contributed by atoms with Crippen LogP contribution in [0.4, 0.5) is 4.79 Å². The number of carboxylic acid groups (broad SMARTS) is 1. The van der Waals surface area contributed by atoms with Crippen molar-refractivity contribution in [2.75, 3.05) is 6.54 Å². The molecule has 0 aromatic heterocycles. The van der Waals surface area contributed by atoms with E-state index in [9.17, 15) is 4.79 Å². The predicted octanol–water partition coefficient (Wildman–Crippen LogP) is 0.756. The summed E-state index contributed by atoms with van der Waals surface area (Å²) in [6.07, 6.45) is -1.60. The first-order valence-electron chi connectivity index (χ1n) is 3.68. The van der Waals surface area contributed by atoms with Gasteiger partial charge in [-0.05, 0) is 20.8 Å². The number of likely N-dealkylation sites (N-methyl/N-ethyl adjacent to an activating group) is 1. The van der Waals surface area contributed by atoms with Gasteiger partial charge in [-0.15, -0.1) is 0 Å². The fraction of sp³-hybridized carbons (Fsp3) is 0.857. The molecule has 0 rings (SSSR count). The number of hydrogen-bond acceptors (Lipinski definition) is 2. The average molecular weight is 161 g/mol. The van der Waals surface area contributed by atoms with Crippen LogP contribution in [0.15, 0.2) is 0 Å². The highest BCUT2D eigenvalue weighted by atomic mass is 16.4. The molecule has 11 heavy (non-hydrogen) atoms. The van der Waals surface area contributed by atoms with Gasteiger partial charge in [0, 0.05) is 6.54 Å². The second-order valence-corrected chi connectivity index (χ2v) is 2.55. The fourth-order valence-electron chi connectivity index (χ4n) is 0.858. The van der Waals surface area contributed by atoms with E-state index in [4.69, 9.17) is 10.2 Å². The molecule has 0 aliphatic rings. The molecule has 0 radical (unpaired) electrons. The lowest BCUT2D eigenvalue weighted by Gasteiger charge is -2.26. The van der Waals surface area contributed by atoms with Crippen molar-refractivity contribution in [2.24, 2.45) is 0 Å². The lowest BCUT2D eigenvalue weighted by Crippen LogP contribution is -2.43. The minimum atomic E-state index is -0.985. The summed E-state index contributed by atoms with van der Waals surface area (Å²) in [5.74, 6) is 0. The number of rotatable bonds is 3. The van der Waals surface area contributed by atoms with Gasteiger partial charge in [0.1, 0.15) is 0 Å². The molecule has 1 unspecified atom stereocenters. The molecule has 4 heteroatoms. The molecule has 4 nitrogen and oxygen atoms in total. The quantitative estimate of drug-likeness (QED) is 0.642. The van der Waals surface area contributed by atoms with Crippen LogP contribution in [-0.2, 0) is 0 Å². The molecular formula is C7H15NO3. The van der Waals surface area contributed by atoms with E-state index >= 15 is 0 Å². The Hall–Kier alpha value is -0.770. The van der Waals surface area contributed by atoms with Crippen LogP contribution < -0.4 is 0 Å². The van der Waals surface area contributed by atoms with Gasteiger partial charge in [0.2, 0.25) is 0 Å². The average Bonchev–Trinajstić information content (AvgIpc) is 1.88. The zero-order valence-corrected chi connectivity index (χ0v) is 7.11. The van der Waals surface area contributed by atoms with Gasteiger partial charge in [0.05, 0.1) is 12.1 Å². The molecular weight excluding hydrogens is 146 g/mol. The van der Waals surface area contributed by atoms with Gasteiger partial charge in [-0.25, -0.2) is 4.79 Å². The van der Waals surface area contributed by atoms with Gasteiger partial charge < -0.3 is 15.1 Å². The third-order valence-electron chi connectivity index (χ3n) is 1.78. The lowest BCUT2D eigenvalue weighted by molar-refractivity contribution is 0.0680. The maximum Gasteiger partial charge on any atom is 0.407 e. The molecule has 0 spiro atoms. The molecule has 0 heterocycles. The largest absolute Gasteiger partial charge is 0.465 e.